The van der Waals surface area contributed by atoms with Gasteiger partial charge in [-0.05, 0) is 56.2 Å². The second-order valence-electron chi connectivity index (χ2n) is 7.80. The molecule has 2 aromatic carbocycles. The molecular formula is C23H28N2O4. The van der Waals surface area contributed by atoms with Crippen molar-refractivity contribution < 1.29 is 19.1 Å². The Balaban J connectivity index is 1.69. The Morgan fingerprint density at radius 2 is 1.72 bits per heavy atom. The summed E-state index contributed by atoms with van der Waals surface area (Å²) in [5, 5.41) is 0. The Morgan fingerprint density at radius 3 is 2.34 bits per heavy atom. The summed E-state index contributed by atoms with van der Waals surface area (Å²) in [5.74, 6) is 1.41. The summed E-state index contributed by atoms with van der Waals surface area (Å²) in [7, 11) is 3.24. The molecule has 1 fully saturated rings. The molecule has 154 valence electrons. The number of piperazine rings is 1. The molecule has 1 aliphatic rings. The maximum absolute atomic E-state index is 12.9. The van der Waals surface area contributed by atoms with E-state index in [0.717, 1.165) is 22.7 Å². The van der Waals surface area contributed by atoms with Crippen molar-refractivity contribution in [1.82, 2.24) is 4.90 Å². The van der Waals surface area contributed by atoms with Crippen LogP contribution >= 0.6 is 0 Å². The molecule has 1 aliphatic heterocycles. The third kappa shape index (κ3) is 4.53. The second-order valence-corrected chi connectivity index (χ2v) is 7.80. The molecule has 0 unspecified atom stereocenters. The van der Waals surface area contributed by atoms with Crippen LogP contribution in [-0.4, -0.2) is 49.6 Å². The van der Waals surface area contributed by atoms with Gasteiger partial charge in [0.1, 0.15) is 18.0 Å². The van der Waals surface area contributed by atoms with E-state index in [-0.39, 0.29) is 18.4 Å². The number of rotatable bonds is 6. The average molecular weight is 396 g/mol. The molecule has 0 spiro atoms. The first kappa shape index (κ1) is 20.7. The molecule has 29 heavy (non-hydrogen) atoms. The Labute approximate surface area is 172 Å². The first-order valence-corrected chi connectivity index (χ1v) is 9.72. The predicted octanol–water partition coefficient (Wildman–Crippen LogP) is 3.29. The van der Waals surface area contributed by atoms with E-state index in [4.69, 9.17) is 9.47 Å². The lowest BCUT2D eigenvalue weighted by Crippen LogP contribution is -2.63. The molecule has 2 amide bonds. The third-order valence-electron chi connectivity index (χ3n) is 5.24. The third-order valence-corrected chi connectivity index (χ3v) is 5.24. The Hall–Kier alpha value is -3.02. The molecule has 0 N–H and O–H groups in total. The average Bonchev–Trinajstić information content (AvgIpc) is 2.71. The molecule has 1 heterocycles. The number of benzene rings is 2. The highest BCUT2D eigenvalue weighted by Gasteiger charge is 2.40. The number of carbonyl (C=O) groups is 2. The monoisotopic (exact) mass is 396 g/mol. The quantitative estimate of drug-likeness (QED) is 0.752. The van der Waals surface area contributed by atoms with E-state index < -0.39 is 5.54 Å². The normalized spacial score (nSPS) is 15.9. The number of aryl methyl sites for hydroxylation is 1. The number of nitrogens with zero attached hydrogens (tertiary/aromatic N) is 2. The van der Waals surface area contributed by atoms with E-state index in [9.17, 15) is 9.59 Å². The number of para-hydroxylation sites is 1. The number of carbonyl (C=O) groups excluding carboxylic acids is 2. The zero-order valence-corrected chi connectivity index (χ0v) is 17.5. The number of anilines is 1. The maximum Gasteiger partial charge on any atom is 0.247 e. The zero-order valence-electron chi connectivity index (χ0n) is 17.5. The van der Waals surface area contributed by atoms with Crippen LogP contribution in [0, 0.1) is 0 Å². The van der Waals surface area contributed by atoms with E-state index in [0.29, 0.717) is 19.4 Å². The molecule has 1 saturated heterocycles. The Kier molecular flexibility index (Phi) is 6.11. The number of ether oxygens (including phenoxy) is 2. The summed E-state index contributed by atoms with van der Waals surface area (Å²) in [5.41, 5.74) is 1.29. The predicted molar refractivity (Wildman–Crippen MR) is 112 cm³/mol. The summed E-state index contributed by atoms with van der Waals surface area (Å²) >= 11 is 0. The van der Waals surface area contributed by atoms with Crippen LogP contribution in [0.3, 0.4) is 0 Å². The number of amides is 2. The first-order valence-electron chi connectivity index (χ1n) is 9.72. The lowest BCUT2D eigenvalue weighted by molar-refractivity contribution is -0.139. The lowest BCUT2D eigenvalue weighted by atomic mass is 9.96. The van der Waals surface area contributed by atoms with Gasteiger partial charge in [0.15, 0.2) is 0 Å². The van der Waals surface area contributed by atoms with Gasteiger partial charge in [-0.3, -0.25) is 9.59 Å². The van der Waals surface area contributed by atoms with Gasteiger partial charge in [0.2, 0.25) is 11.8 Å². The Morgan fingerprint density at radius 1 is 1.03 bits per heavy atom. The van der Waals surface area contributed by atoms with Crippen molar-refractivity contribution in [2.75, 3.05) is 32.2 Å². The van der Waals surface area contributed by atoms with Crippen LogP contribution in [0.15, 0.2) is 48.5 Å². The molecule has 0 atom stereocenters. The first-order chi connectivity index (χ1) is 13.9. The molecule has 0 saturated carbocycles. The van der Waals surface area contributed by atoms with E-state index in [1.807, 2.05) is 62.4 Å². The summed E-state index contributed by atoms with van der Waals surface area (Å²) in [6.07, 6.45) is 0.919. The van der Waals surface area contributed by atoms with Gasteiger partial charge in [-0.15, -0.1) is 0 Å². The van der Waals surface area contributed by atoms with E-state index in [1.165, 1.54) is 0 Å². The van der Waals surface area contributed by atoms with Crippen LogP contribution < -0.4 is 14.4 Å². The molecule has 2 aromatic rings. The summed E-state index contributed by atoms with van der Waals surface area (Å²) in [4.78, 5) is 29.2. The minimum Gasteiger partial charge on any atom is -0.497 e. The largest absolute Gasteiger partial charge is 0.497 e. The van der Waals surface area contributed by atoms with Gasteiger partial charge in [0.05, 0.1) is 19.8 Å². The van der Waals surface area contributed by atoms with Crippen LogP contribution in [0.2, 0.25) is 0 Å². The smallest absolute Gasteiger partial charge is 0.247 e. The van der Waals surface area contributed by atoms with Crippen molar-refractivity contribution in [3.05, 3.63) is 54.1 Å². The van der Waals surface area contributed by atoms with Gasteiger partial charge in [-0.1, -0.05) is 18.2 Å². The van der Waals surface area contributed by atoms with Gasteiger partial charge < -0.3 is 19.3 Å². The van der Waals surface area contributed by atoms with Crippen LogP contribution in [-0.2, 0) is 16.0 Å². The number of hydrogen-bond acceptors (Lipinski definition) is 4. The van der Waals surface area contributed by atoms with Crippen LogP contribution in [0.4, 0.5) is 5.69 Å². The van der Waals surface area contributed by atoms with Gasteiger partial charge in [0.25, 0.3) is 0 Å². The van der Waals surface area contributed by atoms with Crippen LogP contribution in [0.25, 0.3) is 0 Å². The summed E-state index contributed by atoms with van der Waals surface area (Å²) in [6, 6.07) is 15.1. The standard InChI is InChI=1S/C23H28N2O4/c1-23(2)16-24(21(26)14-9-17-7-5-6-8-20(17)29-4)15-22(27)25(23)18-10-12-19(28-3)13-11-18/h5-8,10-13H,9,14-16H2,1-4H3. The summed E-state index contributed by atoms with van der Waals surface area (Å²) < 4.78 is 10.6. The summed E-state index contributed by atoms with van der Waals surface area (Å²) in [6.45, 7) is 4.53. The fourth-order valence-electron chi connectivity index (χ4n) is 3.88. The molecule has 0 aliphatic carbocycles. The molecule has 0 bridgehead atoms. The zero-order chi connectivity index (χ0) is 21.0. The van der Waals surface area contributed by atoms with Gasteiger partial charge >= 0.3 is 0 Å². The molecule has 3 rings (SSSR count). The highest BCUT2D eigenvalue weighted by atomic mass is 16.5. The molecule has 6 nitrogen and oxygen atoms in total. The molecular weight excluding hydrogens is 368 g/mol. The van der Waals surface area contributed by atoms with Crippen molar-refractivity contribution in [3.8, 4) is 11.5 Å². The fourth-order valence-corrected chi connectivity index (χ4v) is 3.88. The Bertz CT molecular complexity index is 877. The van der Waals surface area contributed by atoms with E-state index >= 15 is 0 Å². The van der Waals surface area contributed by atoms with E-state index in [1.54, 1.807) is 24.0 Å². The van der Waals surface area contributed by atoms with Crippen LogP contribution in [0.5, 0.6) is 11.5 Å². The minimum absolute atomic E-state index is 0.0216. The van der Waals surface area contributed by atoms with Gasteiger partial charge in [-0.25, -0.2) is 0 Å². The minimum atomic E-state index is -0.510. The molecule has 0 radical (unpaired) electrons. The molecule has 6 heteroatoms. The van der Waals surface area contributed by atoms with Crippen molar-refractivity contribution >= 4 is 17.5 Å². The van der Waals surface area contributed by atoms with Crippen molar-refractivity contribution in [1.29, 1.82) is 0 Å². The van der Waals surface area contributed by atoms with E-state index in [2.05, 4.69) is 0 Å². The number of hydrogen-bond donors (Lipinski definition) is 0. The highest BCUT2D eigenvalue weighted by molar-refractivity contribution is 5.99. The van der Waals surface area contributed by atoms with Crippen LogP contribution in [0.1, 0.15) is 25.8 Å². The van der Waals surface area contributed by atoms with Gasteiger partial charge in [-0.2, -0.15) is 0 Å². The topological polar surface area (TPSA) is 59.1 Å². The van der Waals surface area contributed by atoms with Crippen molar-refractivity contribution in [2.45, 2.75) is 32.2 Å². The maximum atomic E-state index is 12.9. The fraction of sp³-hybridized carbons (Fsp3) is 0.391. The van der Waals surface area contributed by atoms with Gasteiger partial charge in [0, 0.05) is 18.7 Å². The lowest BCUT2D eigenvalue weighted by Gasteiger charge is -2.46. The SMILES string of the molecule is COc1ccc(N2C(=O)CN(C(=O)CCc3ccccc3OC)CC2(C)C)cc1. The highest BCUT2D eigenvalue weighted by Crippen LogP contribution is 2.30. The number of methoxy groups -OCH3 is 2. The molecule has 0 aromatic heterocycles. The second kappa shape index (κ2) is 8.55. The van der Waals surface area contributed by atoms with Crippen molar-refractivity contribution in [2.24, 2.45) is 0 Å². The van der Waals surface area contributed by atoms with Crippen molar-refractivity contribution in [3.63, 3.8) is 0 Å².